The van der Waals surface area contributed by atoms with E-state index in [-0.39, 0.29) is 17.5 Å². The zero-order valence-electron chi connectivity index (χ0n) is 14.5. The number of hydrogen-bond donors (Lipinski definition) is 1. The Morgan fingerprint density at radius 1 is 1.15 bits per heavy atom. The third kappa shape index (κ3) is 3.44. The number of rotatable bonds is 3. The summed E-state index contributed by atoms with van der Waals surface area (Å²) >= 11 is 5.88. The van der Waals surface area contributed by atoms with Crippen LogP contribution in [0.5, 0.6) is 0 Å². The lowest BCUT2D eigenvalue weighted by Crippen LogP contribution is -2.25. The second kappa shape index (κ2) is 6.89. The molecule has 2 aromatic carbocycles. The van der Waals surface area contributed by atoms with Crippen LogP contribution in [0.1, 0.15) is 23.0 Å². The van der Waals surface area contributed by atoms with Gasteiger partial charge in [-0.25, -0.2) is 0 Å². The summed E-state index contributed by atoms with van der Waals surface area (Å²) in [6, 6.07) is 14.2. The number of carbonyl (C=O) groups excluding carboxylic acids is 2. The summed E-state index contributed by atoms with van der Waals surface area (Å²) in [7, 11) is 0. The van der Waals surface area contributed by atoms with Gasteiger partial charge < -0.3 is 14.7 Å². The van der Waals surface area contributed by atoms with Crippen molar-refractivity contribution in [1.82, 2.24) is 5.16 Å². The molecule has 136 valence electrons. The maximum Gasteiger partial charge on any atom is 0.277 e. The first-order valence-corrected chi connectivity index (χ1v) is 8.84. The third-order valence-electron chi connectivity index (χ3n) is 4.49. The summed E-state index contributed by atoms with van der Waals surface area (Å²) in [5.41, 5.74) is 3.48. The Labute approximate surface area is 160 Å². The number of benzene rings is 2. The molecule has 6 nitrogen and oxygen atoms in total. The van der Waals surface area contributed by atoms with E-state index >= 15 is 0 Å². The molecular formula is C20H16ClN3O3. The van der Waals surface area contributed by atoms with E-state index in [2.05, 4.69) is 10.5 Å². The van der Waals surface area contributed by atoms with Gasteiger partial charge in [0, 0.05) is 41.5 Å². The van der Waals surface area contributed by atoms with Crippen molar-refractivity contribution < 1.29 is 14.1 Å². The molecule has 0 spiro atoms. The standard InChI is InChI=1S/C20H16ClN3O3/c1-12(25)24-9-8-13-4-7-16(10-18(13)24)22-20(26)17-11-19(27-23-17)14-2-5-15(21)6-3-14/h2-7,10-11H,8-9H2,1H3,(H,22,26). The van der Waals surface area contributed by atoms with Crippen molar-refractivity contribution in [3.63, 3.8) is 0 Å². The van der Waals surface area contributed by atoms with Crippen LogP contribution in [-0.2, 0) is 11.2 Å². The molecule has 0 saturated heterocycles. The number of amides is 2. The van der Waals surface area contributed by atoms with Crippen molar-refractivity contribution in [2.45, 2.75) is 13.3 Å². The zero-order chi connectivity index (χ0) is 19.0. The average Bonchev–Trinajstić information content (AvgIpc) is 3.29. The van der Waals surface area contributed by atoms with Gasteiger partial charge in [-0.2, -0.15) is 0 Å². The highest BCUT2D eigenvalue weighted by atomic mass is 35.5. The summed E-state index contributed by atoms with van der Waals surface area (Å²) in [5.74, 6) is 0.0844. The van der Waals surface area contributed by atoms with Crippen LogP contribution in [0.25, 0.3) is 11.3 Å². The number of nitrogens with one attached hydrogen (secondary N) is 1. The fourth-order valence-corrected chi connectivity index (χ4v) is 3.24. The van der Waals surface area contributed by atoms with Crippen molar-refractivity contribution in [2.75, 3.05) is 16.8 Å². The van der Waals surface area contributed by atoms with Gasteiger partial charge in [-0.3, -0.25) is 9.59 Å². The molecule has 2 heterocycles. The molecule has 0 atom stereocenters. The Bertz CT molecular complexity index is 1030. The smallest absolute Gasteiger partial charge is 0.277 e. The van der Waals surface area contributed by atoms with Crippen LogP contribution in [-0.4, -0.2) is 23.5 Å². The van der Waals surface area contributed by atoms with Crippen molar-refractivity contribution in [3.8, 4) is 11.3 Å². The maximum absolute atomic E-state index is 12.5. The van der Waals surface area contributed by atoms with Crippen molar-refractivity contribution in [1.29, 1.82) is 0 Å². The van der Waals surface area contributed by atoms with Crippen LogP contribution in [0.3, 0.4) is 0 Å². The molecule has 0 saturated carbocycles. The van der Waals surface area contributed by atoms with E-state index in [1.54, 1.807) is 35.2 Å². The Hall–Kier alpha value is -3.12. The summed E-state index contributed by atoms with van der Waals surface area (Å²) in [6.45, 7) is 2.20. The van der Waals surface area contributed by atoms with Gasteiger partial charge in [0.05, 0.1) is 0 Å². The molecule has 7 heteroatoms. The SMILES string of the molecule is CC(=O)N1CCc2ccc(NC(=O)c3cc(-c4ccc(Cl)cc4)on3)cc21. The molecule has 1 aromatic heterocycles. The lowest BCUT2D eigenvalue weighted by Gasteiger charge is -2.15. The van der Waals surface area contributed by atoms with E-state index in [1.165, 1.54) is 6.92 Å². The van der Waals surface area contributed by atoms with Gasteiger partial charge in [-0.1, -0.05) is 22.8 Å². The third-order valence-corrected chi connectivity index (χ3v) is 4.74. The van der Waals surface area contributed by atoms with Crippen LogP contribution in [0, 0.1) is 0 Å². The first-order chi connectivity index (χ1) is 13.0. The Morgan fingerprint density at radius 2 is 1.93 bits per heavy atom. The molecule has 0 radical (unpaired) electrons. The quantitative estimate of drug-likeness (QED) is 0.739. The highest BCUT2D eigenvalue weighted by molar-refractivity contribution is 6.30. The highest BCUT2D eigenvalue weighted by Gasteiger charge is 2.23. The molecule has 4 rings (SSSR count). The van der Waals surface area contributed by atoms with Crippen LogP contribution >= 0.6 is 11.6 Å². The number of carbonyl (C=O) groups is 2. The molecular weight excluding hydrogens is 366 g/mol. The number of aromatic nitrogens is 1. The van der Waals surface area contributed by atoms with E-state index in [1.807, 2.05) is 18.2 Å². The van der Waals surface area contributed by atoms with Gasteiger partial charge in [0.15, 0.2) is 11.5 Å². The molecule has 1 N–H and O–H groups in total. The molecule has 2 amide bonds. The molecule has 0 aliphatic carbocycles. The topological polar surface area (TPSA) is 75.4 Å². The molecule has 0 unspecified atom stereocenters. The average molecular weight is 382 g/mol. The fraction of sp³-hybridized carbons (Fsp3) is 0.150. The van der Waals surface area contributed by atoms with E-state index in [0.29, 0.717) is 23.0 Å². The Balaban J connectivity index is 1.53. The summed E-state index contributed by atoms with van der Waals surface area (Å²) in [5, 5.41) is 7.26. The minimum Gasteiger partial charge on any atom is -0.355 e. The predicted molar refractivity (Wildman–Crippen MR) is 103 cm³/mol. The fourth-order valence-electron chi connectivity index (χ4n) is 3.11. The monoisotopic (exact) mass is 381 g/mol. The first kappa shape index (κ1) is 17.3. The zero-order valence-corrected chi connectivity index (χ0v) is 15.3. The van der Waals surface area contributed by atoms with Gasteiger partial charge in [-0.05, 0) is 48.4 Å². The van der Waals surface area contributed by atoms with E-state index in [4.69, 9.17) is 16.1 Å². The van der Waals surface area contributed by atoms with Crippen LogP contribution in [0.4, 0.5) is 11.4 Å². The Kier molecular flexibility index (Phi) is 4.41. The van der Waals surface area contributed by atoms with Crippen LogP contribution < -0.4 is 10.2 Å². The van der Waals surface area contributed by atoms with Crippen molar-refractivity contribution in [3.05, 3.63) is 64.8 Å². The number of nitrogens with zero attached hydrogens (tertiary/aromatic N) is 2. The first-order valence-electron chi connectivity index (χ1n) is 8.46. The second-order valence-electron chi connectivity index (χ2n) is 6.30. The van der Waals surface area contributed by atoms with Crippen LogP contribution in [0.2, 0.25) is 5.02 Å². The van der Waals surface area contributed by atoms with E-state index in [0.717, 1.165) is 23.2 Å². The highest BCUT2D eigenvalue weighted by Crippen LogP contribution is 2.31. The second-order valence-corrected chi connectivity index (χ2v) is 6.74. The number of halogens is 1. The molecule has 3 aromatic rings. The van der Waals surface area contributed by atoms with E-state index in [9.17, 15) is 9.59 Å². The lowest BCUT2D eigenvalue weighted by atomic mass is 10.1. The minimum absolute atomic E-state index is 0.0127. The number of fused-ring (bicyclic) bond motifs is 1. The molecule has 1 aliphatic rings. The maximum atomic E-state index is 12.5. The van der Waals surface area contributed by atoms with Crippen LogP contribution in [0.15, 0.2) is 53.1 Å². The molecule has 0 fully saturated rings. The summed E-state index contributed by atoms with van der Waals surface area (Å²) < 4.78 is 5.27. The van der Waals surface area contributed by atoms with Gasteiger partial charge >= 0.3 is 0 Å². The van der Waals surface area contributed by atoms with Gasteiger partial charge in [0.25, 0.3) is 5.91 Å². The number of anilines is 2. The van der Waals surface area contributed by atoms with Crippen molar-refractivity contribution in [2.24, 2.45) is 0 Å². The molecule has 1 aliphatic heterocycles. The summed E-state index contributed by atoms with van der Waals surface area (Å²) in [4.78, 5) is 25.9. The normalized spacial score (nSPS) is 12.7. The minimum atomic E-state index is -0.383. The van der Waals surface area contributed by atoms with Gasteiger partial charge in [0.2, 0.25) is 5.91 Å². The Morgan fingerprint density at radius 3 is 2.67 bits per heavy atom. The largest absolute Gasteiger partial charge is 0.355 e. The summed E-state index contributed by atoms with van der Waals surface area (Å²) in [6.07, 6.45) is 0.816. The van der Waals surface area contributed by atoms with Gasteiger partial charge in [0.1, 0.15) is 0 Å². The van der Waals surface area contributed by atoms with Crippen molar-refractivity contribution >= 4 is 34.8 Å². The van der Waals surface area contributed by atoms with E-state index < -0.39 is 0 Å². The predicted octanol–water partition coefficient (Wildman–Crippen LogP) is 4.16. The molecule has 0 bridgehead atoms. The van der Waals surface area contributed by atoms with Gasteiger partial charge in [-0.15, -0.1) is 0 Å². The lowest BCUT2D eigenvalue weighted by molar-refractivity contribution is -0.116. The molecule has 27 heavy (non-hydrogen) atoms. The number of hydrogen-bond acceptors (Lipinski definition) is 4.